The second-order valence-electron chi connectivity index (χ2n) is 4.51. The highest BCUT2D eigenvalue weighted by atomic mass is 16.3. The van der Waals surface area contributed by atoms with E-state index in [0.29, 0.717) is 5.56 Å². The first-order valence-electron chi connectivity index (χ1n) is 6.05. The molecule has 3 atom stereocenters. The number of nitrogens with one attached hydrogen (secondary N) is 2. The van der Waals surface area contributed by atoms with Crippen molar-refractivity contribution in [2.45, 2.75) is 24.7 Å². The van der Waals surface area contributed by atoms with Crippen LogP contribution in [0.5, 0.6) is 0 Å². The minimum atomic E-state index is -1.30. The first-order valence-corrected chi connectivity index (χ1v) is 6.05. The van der Waals surface area contributed by atoms with Gasteiger partial charge in [0.15, 0.2) is 0 Å². The van der Waals surface area contributed by atoms with Crippen molar-refractivity contribution in [3.05, 3.63) is 22.1 Å². The Labute approximate surface area is 113 Å². The summed E-state index contributed by atoms with van der Waals surface area (Å²) in [6.45, 7) is -0.274. The quantitative estimate of drug-likeness (QED) is 0.330. The van der Waals surface area contributed by atoms with Gasteiger partial charge < -0.3 is 31.8 Å². The van der Waals surface area contributed by atoms with Gasteiger partial charge in [0, 0.05) is 18.4 Å². The second-order valence-corrected chi connectivity index (χ2v) is 4.51. The first kappa shape index (κ1) is 14.5. The van der Waals surface area contributed by atoms with Crippen molar-refractivity contribution in [2.75, 3.05) is 12.3 Å². The van der Waals surface area contributed by atoms with Crippen molar-refractivity contribution in [3.8, 4) is 0 Å². The van der Waals surface area contributed by atoms with Crippen LogP contribution in [-0.4, -0.2) is 49.1 Å². The number of fused-ring (bicyclic) bond motifs is 1. The average Bonchev–Trinajstić information content (AvgIpc) is 2.81. The Morgan fingerprint density at radius 3 is 2.75 bits per heavy atom. The molecule has 0 saturated carbocycles. The SMILES string of the molecule is Nc1nc2c(C(N)C(O)C(O)CCO)c[nH]c2c(=O)[nH]1. The number of aliphatic hydroxyl groups is 3. The molecule has 20 heavy (non-hydrogen) atoms. The standard InChI is InChI=1S/C11H17N5O4/c12-6(9(19)5(18)1-2-17)4-3-14-8-7(4)15-11(13)16-10(8)20/h3,5-6,9,14,17-19H,1-2,12H2,(H3,13,15,16,20). The van der Waals surface area contributed by atoms with Gasteiger partial charge >= 0.3 is 0 Å². The van der Waals surface area contributed by atoms with Gasteiger partial charge in [0.1, 0.15) is 11.0 Å². The van der Waals surface area contributed by atoms with Crippen molar-refractivity contribution in [3.63, 3.8) is 0 Å². The van der Waals surface area contributed by atoms with E-state index >= 15 is 0 Å². The summed E-state index contributed by atoms with van der Waals surface area (Å²) in [5, 5.41) is 28.3. The number of hydrogen-bond acceptors (Lipinski definition) is 7. The lowest BCUT2D eigenvalue weighted by Crippen LogP contribution is -2.37. The fraction of sp³-hybridized carbons (Fsp3) is 0.455. The molecule has 0 aliphatic carbocycles. The molecule has 0 aliphatic rings. The van der Waals surface area contributed by atoms with Gasteiger partial charge in [0.25, 0.3) is 5.56 Å². The molecule has 2 aromatic rings. The Hall–Kier alpha value is -1.94. The van der Waals surface area contributed by atoms with E-state index in [9.17, 15) is 15.0 Å². The van der Waals surface area contributed by atoms with Crippen LogP contribution in [0.15, 0.2) is 11.0 Å². The van der Waals surface area contributed by atoms with Gasteiger partial charge in [-0.15, -0.1) is 0 Å². The highest BCUT2D eigenvalue weighted by Crippen LogP contribution is 2.23. The van der Waals surface area contributed by atoms with Crippen LogP contribution in [0.25, 0.3) is 11.0 Å². The number of nitrogen functional groups attached to an aromatic ring is 1. The van der Waals surface area contributed by atoms with Gasteiger partial charge in [-0.3, -0.25) is 9.78 Å². The van der Waals surface area contributed by atoms with Crippen molar-refractivity contribution >= 4 is 17.0 Å². The van der Waals surface area contributed by atoms with Crippen LogP contribution in [0.3, 0.4) is 0 Å². The fourth-order valence-electron chi connectivity index (χ4n) is 2.03. The average molecular weight is 283 g/mol. The number of H-pyrrole nitrogens is 2. The zero-order chi connectivity index (χ0) is 14.9. The van der Waals surface area contributed by atoms with Gasteiger partial charge in [0.05, 0.1) is 18.2 Å². The topological polar surface area (TPSA) is 174 Å². The van der Waals surface area contributed by atoms with E-state index in [-0.39, 0.29) is 30.0 Å². The minimum absolute atomic E-state index is 0.00657. The third kappa shape index (κ3) is 2.51. The summed E-state index contributed by atoms with van der Waals surface area (Å²) in [5.41, 5.74) is 11.7. The molecule has 0 aliphatic heterocycles. The van der Waals surface area contributed by atoms with Crippen LogP contribution < -0.4 is 17.0 Å². The number of nitrogens with two attached hydrogens (primary N) is 2. The summed E-state index contributed by atoms with van der Waals surface area (Å²) in [6.07, 6.45) is -1.05. The number of nitrogens with zero attached hydrogens (tertiary/aromatic N) is 1. The van der Waals surface area contributed by atoms with Gasteiger partial charge in [-0.25, -0.2) is 4.98 Å². The maximum atomic E-state index is 11.6. The predicted molar refractivity (Wildman–Crippen MR) is 71.8 cm³/mol. The van der Waals surface area contributed by atoms with Crippen LogP contribution in [0, 0.1) is 0 Å². The minimum Gasteiger partial charge on any atom is -0.396 e. The van der Waals surface area contributed by atoms with E-state index in [1.807, 2.05) is 0 Å². The molecule has 0 radical (unpaired) electrons. The number of aromatic nitrogens is 3. The lowest BCUT2D eigenvalue weighted by molar-refractivity contribution is -0.00858. The zero-order valence-corrected chi connectivity index (χ0v) is 10.6. The van der Waals surface area contributed by atoms with Crippen LogP contribution in [-0.2, 0) is 0 Å². The molecule has 9 N–H and O–H groups in total. The number of anilines is 1. The van der Waals surface area contributed by atoms with Crippen molar-refractivity contribution in [2.24, 2.45) is 5.73 Å². The number of aromatic amines is 2. The summed E-state index contributed by atoms with van der Waals surface area (Å²) in [4.78, 5) is 20.7. The van der Waals surface area contributed by atoms with Crippen molar-refractivity contribution < 1.29 is 15.3 Å². The Morgan fingerprint density at radius 1 is 1.40 bits per heavy atom. The Balaban J connectivity index is 2.40. The fourth-order valence-corrected chi connectivity index (χ4v) is 2.03. The smallest absolute Gasteiger partial charge is 0.276 e. The summed E-state index contributed by atoms with van der Waals surface area (Å²) < 4.78 is 0. The first-order chi connectivity index (χ1) is 9.45. The Kier molecular flexibility index (Phi) is 4.04. The predicted octanol–water partition coefficient (Wildman–Crippen LogP) is -2.06. The molecule has 2 aromatic heterocycles. The van der Waals surface area contributed by atoms with Crippen LogP contribution in [0.4, 0.5) is 5.95 Å². The lowest BCUT2D eigenvalue weighted by Gasteiger charge is -2.22. The summed E-state index contributed by atoms with van der Waals surface area (Å²) in [5.74, 6) is -0.0686. The van der Waals surface area contributed by atoms with Gasteiger partial charge in [-0.2, -0.15) is 0 Å². The van der Waals surface area contributed by atoms with Crippen molar-refractivity contribution in [1.82, 2.24) is 15.0 Å². The Bertz CT molecular complexity index is 652. The maximum Gasteiger partial charge on any atom is 0.276 e. The highest BCUT2D eigenvalue weighted by Gasteiger charge is 2.27. The van der Waals surface area contributed by atoms with Gasteiger partial charge in [0.2, 0.25) is 5.95 Å². The molecule has 3 unspecified atom stereocenters. The molecule has 0 fully saturated rings. The molecule has 2 heterocycles. The van der Waals surface area contributed by atoms with E-state index in [4.69, 9.17) is 16.6 Å². The van der Waals surface area contributed by atoms with E-state index < -0.39 is 23.8 Å². The molecule has 0 spiro atoms. The van der Waals surface area contributed by atoms with Crippen LogP contribution >= 0.6 is 0 Å². The van der Waals surface area contributed by atoms with Gasteiger partial charge in [-0.05, 0) is 6.42 Å². The molecule has 0 bridgehead atoms. The normalized spacial score (nSPS) is 16.2. The zero-order valence-electron chi connectivity index (χ0n) is 10.6. The third-order valence-corrected chi connectivity index (χ3v) is 3.13. The summed E-state index contributed by atoms with van der Waals surface area (Å²) in [6, 6.07) is -0.973. The molecule has 2 rings (SSSR count). The number of rotatable bonds is 5. The molecular weight excluding hydrogens is 266 g/mol. The van der Waals surface area contributed by atoms with Crippen LogP contribution in [0.1, 0.15) is 18.0 Å². The largest absolute Gasteiger partial charge is 0.396 e. The maximum absolute atomic E-state index is 11.6. The van der Waals surface area contributed by atoms with Crippen molar-refractivity contribution in [1.29, 1.82) is 0 Å². The van der Waals surface area contributed by atoms with E-state index in [0.717, 1.165) is 0 Å². The molecule has 0 saturated heterocycles. The molecule has 110 valence electrons. The number of hydrogen-bond donors (Lipinski definition) is 7. The van der Waals surface area contributed by atoms with Gasteiger partial charge in [-0.1, -0.05) is 0 Å². The molecule has 0 amide bonds. The van der Waals surface area contributed by atoms with E-state index in [1.54, 1.807) is 0 Å². The molecule has 0 aromatic carbocycles. The Morgan fingerprint density at radius 2 is 2.10 bits per heavy atom. The monoisotopic (exact) mass is 283 g/mol. The van der Waals surface area contributed by atoms with E-state index in [2.05, 4.69) is 15.0 Å². The highest BCUT2D eigenvalue weighted by molar-refractivity contribution is 5.79. The molecule has 9 heteroatoms. The van der Waals surface area contributed by atoms with E-state index in [1.165, 1.54) is 6.20 Å². The molecule has 9 nitrogen and oxygen atoms in total. The third-order valence-electron chi connectivity index (χ3n) is 3.13. The number of aliphatic hydroxyl groups excluding tert-OH is 3. The molecular formula is C11H17N5O4. The lowest BCUT2D eigenvalue weighted by atomic mass is 9.98. The van der Waals surface area contributed by atoms with Crippen LogP contribution in [0.2, 0.25) is 0 Å². The summed E-state index contributed by atoms with van der Waals surface area (Å²) >= 11 is 0. The second kappa shape index (κ2) is 5.59. The summed E-state index contributed by atoms with van der Waals surface area (Å²) in [7, 11) is 0.